The fourth-order valence-electron chi connectivity index (χ4n) is 3.85. The van der Waals surface area contributed by atoms with Crippen molar-refractivity contribution in [2.45, 2.75) is 51.2 Å². The number of carbonyl (C=O) groups excluding carboxylic acids is 1. The molecule has 0 unspecified atom stereocenters. The van der Waals surface area contributed by atoms with Gasteiger partial charge < -0.3 is 15.0 Å². The third-order valence-corrected chi connectivity index (χ3v) is 5.35. The van der Waals surface area contributed by atoms with E-state index in [2.05, 4.69) is 4.98 Å². The van der Waals surface area contributed by atoms with Crippen LogP contribution in [0.5, 0.6) is 0 Å². The monoisotopic (exact) mass is 395 g/mol. The second kappa shape index (κ2) is 8.24. The van der Waals surface area contributed by atoms with Crippen molar-refractivity contribution < 1.29 is 22.7 Å². The quantitative estimate of drug-likeness (QED) is 0.764. The third kappa shape index (κ3) is 4.48. The van der Waals surface area contributed by atoms with Gasteiger partial charge in [-0.25, -0.2) is 4.98 Å². The highest BCUT2D eigenvalue weighted by molar-refractivity contribution is 5.72. The Balaban J connectivity index is 1.85. The molecule has 28 heavy (non-hydrogen) atoms. The van der Waals surface area contributed by atoms with E-state index >= 15 is 0 Å². The number of alkyl halides is 3. The van der Waals surface area contributed by atoms with E-state index in [9.17, 15) is 18.0 Å². The van der Waals surface area contributed by atoms with Gasteiger partial charge in [0.1, 0.15) is 0 Å². The van der Waals surface area contributed by atoms with Gasteiger partial charge >= 0.3 is 12.1 Å². The van der Waals surface area contributed by atoms with Crippen LogP contribution >= 0.6 is 0 Å². The fraction of sp³-hybridized carbons (Fsp3) is 0.500. The summed E-state index contributed by atoms with van der Waals surface area (Å²) in [6.45, 7) is 2.46. The maximum Gasteiger partial charge on any atom is 0.416 e. The molecule has 0 radical (unpaired) electrons. The predicted molar refractivity (Wildman–Crippen MR) is 98.5 cm³/mol. The Morgan fingerprint density at radius 3 is 2.57 bits per heavy atom. The smallest absolute Gasteiger partial charge is 0.416 e. The number of benzene rings is 1. The van der Waals surface area contributed by atoms with E-state index in [-0.39, 0.29) is 17.8 Å². The van der Waals surface area contributed by atoms with Gasteiger partial charge in [-0.1, -0.05) is 6.07 Å². The first-order valence-electron chi connectivity index (χ1n) is 9.42. The minimum absolute atomic E-state index is 0.0345. The van der Waals surface area contributed by atoms with Crippen LogP contribution in [0.4, 0.5) is 19.1 Å². The normalized spacial score (nSPS) is 20.1. The number of halogens is 3. The average Bonchev–Trinajstić information content (AvgIpc) is 3.06. The largest absolute Gasteiger partial charge is 0.466 e. The van der Waals surface area contributed by atoms with Crippen molar-refractivity contribution in [2.24, 2.45) is 5.92 Å². The third-order valence-electron chi connectivity index (χ3n) is 5.35. The predicted octanol–water partition coefficient (Wildman–Crippen LogP) is 4.37. The van der Waals surface area contributed by atoms with Crippen LogP contribution in [-0.2, 0) is 22.3 Å². The first-order valence-corrected chi connectivity index (χ1v) is 9.42. The zero-order chi connectivity index (χ0) is 20.3. The maximum atomic E-state index is 13.3. The molecule has 1 heterocycles. The molecule has 1 saturated carbocycles. The molecule has 1 aliphatic rings. The lowest BCUT2D eigenvalue weighted by Gasteiger charge is -2.29. The van der Waals surface area contributed by atoms with Crippen LogP contribution in [-0.4, -0.2) is 22.1 Å². The summed E-state index contributed by atoms with van der Waals surface area (Å²) in [5, 5.41) is 0. The first kappa shape index (κ1) is 20.2. The van der Waals surface area contributed by atoms with E-state index in [0.29, 0.717) is 50.3 Å². The number of imidazole rings is 1. The van der Waals surface area contributed by atoms with Gasteiger partial charge in [0.05, 0.1) is 24.6 Å². The van der Waals surface area contributed by atoms with Crippen LogP contribution in [0.1, 0.15) is 55.2 Å². The second-order valence-electron chi connectivity index (χ2n) is 7.13. The zero-order valence-corrected chi connectivity index (χ0v) is 15.7. The molecule has 152 valence electrons. The molecule has 1 fully saturated rings. The molecule has 0 spiro atoms. The van der Waals surface area contributed by atoms with Gasteiger partial charge in [0.25, 0.3) is 0 Å². The number of hydrogen-bond donors (Lipinski definition) is 1. The minimum atomic E-state index is -4.40. The van der Waals surface area contributed by atoms with Gasteiger partial charge in [-0.2, -0.15) is 13.2 Å². The molecule has 0 atom stereocenters. The zero-order valence-electron chi connectivity index (χ0n) is 15.7. The van der Waals surface area contributed by atoms with Gasteiger partial charge in [-0.05, 0) is 61.8 Å². The highest BCUT2D eigenvalue weighted by Crippen LogP contribution is 2.40. The number of nitrogens with zero attached hydrogens (tertiary/aromatic N) is 2. The van der Waals surface area contributed by atoms with Crippen LogP contribution in [0.25, 0.3) is 0 Å². The molecule has 1 aromatic carbocycles. The Morgan fingerprint density at radius 1 is 1.29 bits per heavy atom. The number of anilines is 1. The number of nitrogens with two attached hydrogens (primary N) is 1. The summed E-state index contributed by atoms with van der Waals surface area (Å²) in [6.07, 6.45) is 1.40. The summed E-state index contributed by atoms with van der Waals surface area (Å²) in [6, 6.07) is 3.88. The van der Waals surface area contributed by atoms with Crippen molar-refractivity contribution in [3.05, 3.63) is 47.3 Å². The van der Waals surface area contributed by atoms with Crippen LogP contribution in [0, 0.1) is 5.92 Å². The Morgan fingerprint density at radius 2 is 2.00 bits per heavy atom. The van der Waals surface area contributed by atoms with E-state index in [1.807, 2.05) is 0 Å². The van der Waals surface area contributed by atoms with E-state index < -0.39 is 11.7 Å². The minimum Gasteiger partial charge on any atom is -0.466 e. The number of rotatable bonds is 5. The highest BCUT2D eigenvalue weighted by atomic mass is 19.4. The number of aromatic nitrogens is 2. The van der Waals surface area contributed by atoms with Crippen molar-refractivity contribution in [1.82, 2.24) is 9.55 Å². The lowest BCUT2D eigenvalue weighted by molar-refractivity contribution is -0.149. The van der Waals surface area contributed by atoms with E-state index in [1.165, 1.54) is 12.1 Å². The summed E-state index contributed by atoms with van der Waals surface area (Å²) < 4.78 is 46.6. The van der Waals surface area contributed by atoms with Gasteiger partial charge in [0.2, 0.25) is 0 Å². The molecule has 0 saturated heterocycles. The van der Waals surface area contributed by atoms with Gasteiger partial charge in [0.15, 0.2) is 5.95 Å². The standard InChI is InChI=1S/C20H24F3N3O2/c1-2-28-18(27)14-5-3-13(4-6-14)17-11-16(20(21,22)23)8-7-15(17)12-26-10-9-25-19(26)24/h7-11,13-14H,2-6,12H2,1H3,(H2,24,25). The van der Waals surface area contributed by atoms with Crippen LogP contribution in [0.3, 0.4) is 0 Å². The topological polar surface area (TPSA) is 70.1 Å². The number of hydrogen-bond acceptors (Lipinski definition) is 4. The molecule has 0 amide bonds. The molecule has 0 bridgehead atoms. The SMILES string of the molecule is CCOC(=O)C1CCC(c2cc(C(F)(F)F)ccc2Cn2ccnc2N)CC1. The average molecular weight is 395 g/mol. The molecular formula is C20H24F3N3O2. The Bertz CT molecular complexity index is 824. The second-order valence-corrected chi connectivity index (χ2v) is 7.13. The van der Waals surface area contributed by atoms with Gasteiger partial charge in [-0.3, -0.25) is 4.79 Å². The van der Waals surface area contributed by atoms with Crippen molar-refractivity contribution in [2.75, 3.05) is 12.3 Å². The summed E-state index contributed by atoms with van der Waals surface area (Å²) in [4.78, 5) is 15.9. The van der Waals surface area contributed by atoms with E-state index in [1.54, 1.807) is 23.9 Å². The number of nitrogen functional groups attached to an aromatic ring is 1. The lowest BCUT2D eigenvalue weighted by atomic mass is 9.77. The molecular weight excluding hydrogens is 371 g/mol. The van der Waals surface area contributed by atoms with E-state index in [4.69, 9.17) is 10.5 Å². The van der Waals surface area contributed by atoms with Gasteiger partial charge in [0, 0.05) is 12.4 Å². The Labute approximate surface area is 161 Å². The maximum absolute atomic E-state index is 13.3. The molecule has 1 aromatic heterocycles. The van der Waals surface area contributed by atoms with Crippen LogP contribution in [0.15, 0.2) is 30.6 Å². The highest BCUT2D eigenvalue weighted by Gasteiger charge is 2.33. The molecule has 0 aliphatic heterocycles. The number of esters is 1. The Hall–Kier alpha value is -2.51. The molecule has 3 rings (SSSR count). The summed E-state index contributed by atoms with van der Waals surface area (Å²) in [5.74, 6) is -0.101. The van der Waals surface area contributed by atoms with Crippen molar-refractivity contribution >= 4 is 11.9 Å². The first-order chi connectivity index (χ1) is 13.3. The van der Waals surface area contributed by atoms with Crippen molar-refractivity contribution in [1.29, 1.82) is 0 Å². The molecule has 5 nitrogen and oxygen atoms in total. The number of ether oxygens (including phenoxy) is 1. The lowest BCUT2D eigenvalue weighted by Crippen LogP contribution is -2.24. The van der Waals surface area contributed by atoms with Gasteiger partial charge in [-0.15, -0.1) is 0 Å². The van der Waals surface area contributed by atoms with Crippen LogP contribution in [0.2, 0.25) is 0 Å². The summed E-state index contributed by atoms with van der Waals surface area (Å²) in [5.41, 5.74) is 6.62. The molecule has 8 heteroatoms. The molecule has 2 N–H and O–H groups in total. The summed E-state index contributed by atoms with van der Waals surface area (Å²) >= 11 is 0. The molecule has 2 aromatic rings. The van der Waals surface area contributed by atoms with Crippen LogP contribution < -0.4 is 5.73 Å². The van der Waals surface area contributed by atoms with Crippen molar-refractivity contribution in [3.63, 3.8) is 0 Å². The Kier molecular flexibility index (Phi) is 5.96. The van der Waals surface area contributed by atoms with E-state index in [0.717, 1.165) is 11.6 Å². The van der Waals surface area contributed by atoms with Crippen molar-refractivity contribution in [3.8, 4) is 0 Å². The summed E-state index contributed by atoms with van der Waals surface area (Å²) in [7, 11) is 0. The molecule has 1 aliphatic carbocycles. The fourth-order valence-corrected chi connectivity index (χ4v) is 3.85. The number of carbonyl (C=O) groups is 1.